The van der Waals surface area contributed by atoms with Crippen LogP contribution in [0.25, 0.3) is 0 Å². The summed E-state index contributed by atoms with van der Waals surface area (Å²) >= 11 is 0. The van der Waals surface area contributed by atoms with E-state index in [9.17, 15) is 5.26 Å². The molecule has 1 atom stereocenters. The number of hydrogen-bond donors (Lipinski definition) is 1. The fourth-order valence-electron chi connectivity index (χ4n) is 6.37. The van der Waals surface area contributed by atoms with Crippen LogP contribution in [0, 0.1) is 0 Å². The highest BCUT2D eigenvalue weighted by Gasteiger charge is 2.04. The van der Waals surface area contributed by atoms with Crippen LogP contribution in [-0.2, 0) is 4.89 Å². The van der Waals surface area contributed by atoms with Crippen molar-refractivity contribution in [3.63, 3.8) is 0 Å². The fourth-order valence-corrected chi connectivity index (χ4v) is 6.37. The van der Waals surface area contributed by atoms with Gasteiger partial charge in [-0.3, -0.25) is 5.26 Å². The summed E-state index contributed by atoms with van der Waals surface area (Å²) < 4.78 is 0. The van der Waals surface area contributed by atoms with E-state index in [1.54, 1.807) is 0 Å². The van der Waals surface area contributed by atoms with Gasteiger partial charge in [0.1, 0.15) is 6.10 Å². The van der Waals surface area contributed by atoms with E-state index in [4.69, 9.17) is 4.89 Å². The molecule has 262 valence electrons. The van der Waals surface area contributed by atoms with E-state index in [1.165, 1.54) is 205 Å². The number of unbranched alkanes of at least 4 members (excludes halogenated alkanes) is 31. The van der Waals surface area contributed by atoms with E-state index in [-0.39, 0.29) is 6.10 Å². The van der Waals surface area contributed by atoms with Crippen LogP contribution < -0.4 is 0 Å². The van der Waals surface area contributed by atoms with Crippen molar-refractivity contribution >= 4 is 0 Å². The Morgan fingerprint density at radius 2 is 0.636 bits per heavy atom. The van der Waals surface area contributed by atoms with Crippen molar-refractivity contribution in [3.8, 4) is 0 Å². The first-order chi connectivity index (χ1) is 21.8. The van der Waals surface area contributed by atoms with Crippen molar-refractivity contribution in [1.29, 1.82) is 0 Å². The molecule has 1 N–H and O–H groups in total. The number of hydrogen-bond acceptors (Lipinski definition) is 2. The molecule has 0 aromatic rings. The van der Waals surface area contributed by atoms with Crippen molar-refractivity contribution in [2.45, 2.75) is 245 Å². The SMILES string of the molecule is CCCCCCCC/C=C\CCCCCCCC(C=CCCCCCCCCCCCCCCCCCCCCCC)OO. The Hall–Kier alpha value is -0.600. The Morgan fingerprint density at radius 3 is 0.955 bits per heavy atom. The summed E-state index contributed by atoms with van der Waals surface area (Å²) in [7, 11) is 0. The molecule has 0 spiro atoms. The third kappa shape index (κ3) is 37.6. The third-order valence-corrected chi connectivity index (χ3v) is 9.46. The Kier molecular flexibility index (Phi) is 39.9. The predicted octanol–water partition coefficient (Wildman–Crippen LogP) is 15.7. The van der Waals surface area contributed by atoms with Crippen molar-refractivity contribution in [1.82, 2.24) is 0 Å². The molecule has 2 nitrogen and oxygen atoms in total. The summed E-state index contributed by atoms with van der Waals surface area (Å²) in [5, 5.41) is 9.25. The van der Waals surface area contributed by atoms with E-state index in [0.29, 0.717) is 0 Å². The monoisotopic (exact) mass is 619 g/mol. The average Bonchev–Trinajstić information content (AvgIpc) is 3.04. The van der Waals surface area contributed by atoms with Crippen LogP contribution in [0.4, 0.5) is 0 Å². The van der Waals surface area contributed by atoms with Gasteiger partial charge in [-0.05, 0) is 44.9 Å². The lowest BCUT2D eigenvalue weighted by molar-refractivity contribution is -0.267. The van der Waals surface area contributed by atoms with Crippen LogP contribution in [0.1, 0.15) is 239 Å². The lowest BCUT2D eigenvalue weighted by Crippen LogP contribution is -2.06. The van der Waals surface area contributed by atoms with Crippen LogP contribution in [0.5, 0.6) is 0 Å². The molecule has 0 saturated heterocycles. The first-order valence-electron chi connectivity index (χ1n) is 20.5. The van der Waals surface area contributed by atoms with E-state index < -0.39 is 0 Å². The summed E-state index contributed by atoms with van der Waals surface area (Å²) in [6.07, 6.45) is 56.8. The quantitative estimate of drug-likeness (QED) is 0.0323. The van der Waals surface area contributed by atoms with Crippen molar-refractivity contribution in [2.75, 3.05) is 0 Å². The van der Waals surface area contributed by atoms with E-state index in [0.717, 1.165) is 19.3 Å². The predicted molar refractivity (Wildman–Crippen MR) is 199 cm³/mol. The summed E-state index contributed by atoms with van der Waals surface area (Å²) in [6.45, 7) is 4.58. The van der Waals surface area contributed by atoms with Crippen LogP contribution >= 0.6 is 0 Å². The molecule has 0 saturated carbocycles. The Labute approximate surface area is 278 Å². The molecular weight excluding hydrogens is 536 g/mol. The van der Waals surface area contributed by atoms with Gasteiger partial charge >= 0.3 is 0 Å². The number of rotatable bonds is 38. The van der Waals surface area contributed by atoms with Gasteiger partial charge in [-0.15, -0.1) is 0 Å². The summed E-state index contributed by atoms with van der Waals surface area (Å²) in [5.41, 5.74) is 0. The van der Waals surface area contributed by atoms with Crippen molar-refractivity contribution in [2.24, 2.45) is 0 Å². The zero-order valence-electron chi connectivity index (χ0n) is 30.5. The molecule has 0 heterocycles. The average molecular weight is 619 g/mol. The Bertz CT molecular complexity index is 554. The van der Waals surface area contributed by atoms with Gasteiger partial charge in [-0.25, -0.2) is 4.89 Å². The minimum Gasteiger partial charge on any atom is -0.251 e. The molecule has 0 rings (SSSR count). The maximum Gasteiger partial charge on any atom is 0.111 e. The van der Waals surface area contributed by atoms with E-state index in [1.807, 2.05) is 0 Å². The standard InChI is InChI=1S/C42H82O2/c1-3-5-7-9-11-13-15-17-19-20-21-22-23-24-25-27-29-31-33-35-37-39-41-42(44-43)40-38-36-34-32-30-28-26-18-16-14-12-10-8-6-4-2/h18,26,39,41-43H,3-17,19-25,27-38,40H2,1-2H3/b26-18-,41-39?. The molecule has 0 aromatic heterocycles. The van der Waals surface area contributed by atoms with Gasteiger partial charge in [0.25, 0.3) is 0 Å². The normalized spacial score (nSPS) is 12.7. The molecule has 0 fully saturated rings. The van der Waals surface area contributed by atoms with Gasteiger partial charge in [0.2, 0.25) is 0 Å². The molecular formula is C42H82O2. The minimum absolute atomic E-state index is 0.120. The molecule has 2 heteroatoms. The second kappa shape index (κ2) is 40.4. The first-order valence-corrected chi connectivity index (χ1v) is 20.5. The molecule has 0 aliphatic heterocycles. The van der Waals surface area contributed by atoms with Gasteiger partial charge in [0.05, 0.1) is 0 Å². The van der Waals surface area contributed by atoms with Crippen LogP contribution in [0.2, 0.25) is 0 Å². The van der Waals surface area contributed by atoms with Gasteiger partial charge in [-0.2, -0.15) is 0 Å². The van der Waals surface area contributed by atoms with Gasteiger partial charge in [0.15, 0.2) is 0 Å². The van der Waals surface area contributed by atoms with E-state index in [2.05, 4.69) is 38.2 Å². The number of allylic oxidation sites excluding steroid dienone is 3. The van der Waals surface area contributed by atoms with E-state index >= 15 is 0 Å². The van der Waals surface area contributed by atoms with Crippen LogP contribution in [-0.4, -0.2) is 11.4 Å². The Balaban J connectivity index is 3.33. The highest BCUT2D eigenvalue weighted by Crippen LogP contribution is 2.16. The highest BCUT2D eigenvalue weighted by molar-refractivity contribution is 4.89. The largest absolute Gasteiger partial charge is 0.251 e. The smallest absolute Gasteiger partial charge is 0.111 e. The lowest BCUT2D eigenvalue weighted by Gasteiger charge is -2.08. The zero-order valence-corrected chi connectivity index (χ0v) is 30.5. The topological polar surface area (TPSA) is 29.5 Å². The van der Waals surface area contributed by atoms with Gasteiger partial charge in [-0.1, -0.05) is 218 Å². The molecule has 0 aliphatic rings. The molecule has 44 heavy (non-hydrogen) atoms. The molecule has 1 unspecified atom stereocenters. The molecule has 0 aromatic carbocycles. The first kappa shape index (κ1) is 43.4. The molecule has 0 aliphatic carbocycles. The van der Waals surface area contributed by atoms with Gasteiger partial charge in [0, 0.05) is 0 Å². The van der Waals surface area contributed by atoms with Crippen LogP contribution in [0.15, 0.2) is 24.3 Å². The summed E-state index contributed by atoms with van der Waals surface area (Å²) in [4.78, 5) is 4.72. The minimum atomic E-state index is -0.120. The second-order valence-corrected chi connectivity index (χ2v) is 14.0. The summed E-state index contributed by atoms with van der Waals surface area (Å²) in [5.74, 6) is 0. The van der Waals surface area contributed by atoms with Crippen LogP contribution in [0.3, 0.4) is 0 Å². The zero-order chi connectivity index (χ0) is 31.9. The molecule has 0 amide bonds. The Morgan fingerprint density at radius 1 is 0.364 bits per heavy atom. The fraction of sp³-hybridized carbons (Fsp3) is 0.905. The lowest BCUT2D eigenvalue weighted by atomic mass is 10.0. The van der Waals surface area contributed by atoms with Crippen molar-refractivity contribution in [3.05, 3.63) is 24.3 Å². The maximum absolute atomic E-state index is 9.25. The third-order valence-electron chi connectivity index (χ3n) is 9.46. The maximum atomic E-state index is 9.25. The van der Waals surface area contributed by atoms with Gasteiger partial charge < -0.3 is 0 Å². The highest BCUT2D eigenvalue weighted by atomic mass is 17.1. The summed E-state index contributed by atoms with van der Waals surface area (Å²) in [6, 6.07) is 0. The molecule has 0 radical (unpaired) electrons. The second-order valence-electron chi connectivity index (χ2n) is 14.0. The van der Waals surface area contributed by atoms with Crippen molar-refractivity contribution < 1.29 is 10.1 Å². The molecule has 0 bridgehead atoms.